The molecule has 2 rings (SSSR count). The summed E-state index contributed by atoms with van der Waals surface area (Å²) in [6, 6.07) is 9.51. The minimum atomic E-state index is -1.22. The fraction of sp³-hybridized carbons (Fsp3) is 0.214. The van der Waals surface area contributed by atoms with Crippen molar-refractivity contribution in [3.63, 3.8) is 0 Å². The van der Waals surface area contributed by atoms with Gasteiger partial charge in [0.25, 0.3) is 0 Å². The van der Waals surface area contributed by atoms with E-state index >= 15 is 0 Å². The normalized spacial score (nSPS) is 12.3. The van der Waals surface area contributed by atoms with Gasteiger partial charge in [0.2, 0.25) is 5.91 Å². The average Bonchev–Trinajstić information content (AvgIpc) is 2.88. The number of halogens is 1. The second-order valence-corrected chi connectivity index (χ2v) is 4.32. The Morgan fingerprint density at radius 1 is 1.30 bits per heavy atom. The van der Waals surface area contributed by atoms with Crippen molar-refractivity contribution in [1.29, 1.82) is 0 Å². The lowest BCUT2D eigenvalue weighted by Crippen LogP contribution is -2.37. The predicted octanol–water partition coefficient (Wildman–Crippen LogP) is 1.02. The van der Waals surface area contributed by atoms with Gasteiger partial charge in [0.1, 0.15) is 23.4 Å². The lowest BCUT2D eigenvalue weighted by molar-refractivity contribution is -0.125. The second-order valence-electron chi connectivity index (χ2n) is 4.32. The van der Waals surface area contributed by atoms with Gasteiger partial charge in [-0.3, -0.25) is 4.79 Å². The topological polar surface area (TPSA) is 88.5 Å². The molecule has 20 heavy (non-hydrogen) atoms. The summed E-state index contributed by atoms with van der Waals surface area (Å²) in [6.07, 6.45) is -1.22. The van der Waals surface area contributed by atoms with Crippen LogP contribution in [0.3, 0.4) is 0 Å². The first-order chi connectivity index (χ1) is 9.56. The third-order valence-electron chi connectivity index (χ3n) is 2.76. The van der Waals surface area contributed by atoms with Crippen molar-refractivity contribution in [2.45, 2.75) is 12.6 Å². The summed E-state index contributed by atoms with van der Waals surface area (Å²) in [5, 5.41) is 12.1. The smallest absolute Gasteiger partial charge is 0.247 e. The lowest BCUT2D eigenvalue weighted by Gasteiger charge is -2.06. The van der Waals surface area contributed by atoms with Crippen molar-refractivity contribution < 1.29 is 18.7 Å². The number of carbonyl (C=O) groups is 1. The van der Waals surface area contributed by atoms with Crippen molar-refractivity contribution in [2.24, 2.45) is 5.73 Å². The van der Waals surface area contributed by atoms with Gasteiger partial charge in [-0.2, -0.15) is 0 Å². The van der Waals surface area contributed by atoms with Gasteiger partial charge < -0.3 is 20.6 Å². The van der Waals surface area contributed by atoms with Gasteiger partial charge in [-0.15, -0.1) is 0 Å². The van der Waals surface area contributed by atoms with E-state index in [4.69, 9.17) is 10.2 Å². The Kier molecular flexibility index (Phi) is 4.49. The molecule has 5 nitrogen and oxygen atoms in total. The maximum Gasteiger partial charge on any atom is 0.247 e. The van der Waals surface area contributed by atoms with Crippen molar-refractivity contribution in [3.8, 4) is 11.3 Å². The van der Waals surface area contributed by atoms with Gasteiger partial charge in [0.15, 0.2) is 0 Å². The SMILES string of the molecule is NC(=O)C(O)CNCc1ccc(-c2ccc(F)cc2)o1. The second kappa shape index (κ2) is 6.31. The molecule has 0 aliphatic carbocycles. The van der Waals surface area contributed by atoms with Crippen LogP contribution in [0.4, 0.5) is 4.39 Å². The summed E-state index contributed by atoms with van der Waals surface area (Å²) in [6.45, 7) is 0.410. The Labute approximate surface area is 115 Å². The molecule has 1 atom stereocenters. The number of hydrogen-bond acceptors (Lipinski definition) is 4. The van der Waals surface area contributed by atoms with Gasteiger partial charge in [-0.05, 0) is 36.4 Å². The minimum absolute atomic E-state index is 0.0575. The van der Waals surface area contributed by atoms with E-state index in [1.165, 1.54) is 12.1 Å². The third-order valence-corrected chi connectivity index (χ3v) is 2.76. The van der Waals surface area contributed by atoms with Crippen LogP contribution in [0.15, 0.2) is 40.8 Å². The summed E-state index contributed by atoms with van der Waals surface area (Å²) < 4.78 is 18.4. The number of nitrogens with two attached hydrogens (primary N) is 1. The number of aliphatic hydroxyl groups excluding tert-OH is 1. The zero-order valence-corrected chi connectivity index (χ0v) is 10.7. The Morgan fingerprint density at radius 3 is 2.65 bits per heavy atom. The standard InChI is InChI=1S/C14H15FN2O3/c15-10-3-1-9(2-4-10)13-6-5-11(20-13)7-17-8-12(18)14(16)19/h1-6,12,17-18H,7-8H2,(H2,16,19). The van der Waals surface area contributed by atoms with Crippen LogP contribution in [-0.2, 0) is 11.3 Å². The first kappa shape index (κ1) is 14.2. The summed E-state index contributed by atoms with van der Waals surface area (Å²) >= 11 is 0. The molecular weight excluding hydrogens is 263 g/mol. The number of benzene rings is 1. The van der Waals surface area contributed by atoms with Gasteiger partial charge >= 0.3 is 0 Å². The Balaban J connectivity index is 1.92. The van der Waals surface area contributed by atoms with Crippen LogP contribution in [0.5, 0.6) is 0 Å². The van der Waals surface area contributed by atoms with E-state index in [9.17, 15) is 14.3 Å². The molecule has 1 aromatic heterocycles. The number of furan rings is 1. The van der Waals surface area contributed by atoms with E-state index in [0.717, 1.165) is 5.56 Å². The van der Waals surface area contributed by atoms with Crippen molar-refractivity contribution >= 4 is 5.91 Å². The van der Waals surface area contributed by atoms with E-state index in [2.05, 4.69) is 5.32 Å². The van der Waals surface area contributed by atoms with Gasteiger partial charge in [0.05, 0.1) is 6.54 Å². The van der Waals surface area contributed by atoms with E-state index in [1.807, 2.05) is 0 Å². The molecular formula is C14H15FN2O3. The van der Waals surface area contributed by atoms with Crippen molar-refractivity contribution in [1.82, 2.24) is 5.32 Å². The van der Waals surface area contributed by atoms with Crippen molar-refractivity contribution in [2.75, 3.05) is 6.54 Å². The summed E-state index contributed by atoms with van der Waals surface area (Å²) in [5.41, 5.74) is 5.70. The molecule has 0 saturated heterocycles. The molecule has 1 amide bonds. The number of carbonyl (C=O) groups excluding carboxylic acids is 1. The zero-order chi connectivity index (χ0) is 14.5. The lowest BCUT2D eigenvalue weighted by atomic mass is 10.2. The highest BCUT2D eigenvalue weighted by Gasteiger charge is 2.10. The Bertz CT molecular complexity index is 580. The van der Waals surface area contributed by atoms with Gasteiger partial charge in [0, 0.05) is 12.1 Å². The Morgan fingerprint density at radius 2 is 2.00 bits per heavy atom. The third kappa shape index (κ3) is 3.66. The molecule has 0 saturated carbocycles. The molecule has 1 unspecified atom stereocenters. The number of nitrogens with one attached hydrogen (secondary N) is 1. The molecule has 0 bridgehead atoms. The first-order valence-corrected chi connectivity index (χ1v) is 6.09. The molecule has 1 heterocycles. The number of primary amides is 1. The molecule has 0 fully saturated rings. The molecule has 2 aromatic rings. The summed E-state index contributed by atoms with van der Waals surface area (Å²) in [5.74, 6) is 0.185. The van der Waals surface area contributed by atoms with Crippen LogP contribution < -0.4 is 11.1 Å². The molecule has 0 spiro atoms. The van der Waals surface area contributed by atoms with E-state index < -0.39 is 12.0 Å². The molecule has 1 aromatic carbocycles. The largest absolute Gasteiger partial charge is 0.460 e. The van der Waals surface area contributed by atoms with E-state index in [-0.39, 0.29) is 12.4 Å². The number of hydrogen-bond donors (Lipinski definition) is 3. The zero-order valence-electron chi connectivity index (χ0n) is 10.7. The number of rotatable bonds is 6. The maximum atomic E-state index is 12.8. The molecule has 106 valence electrons. The van der Waals surface area contributed by atoms with Crippen LogP contribution in [0.25, 0.3) is 11.3 Å². The fourth-order valence-electron chi connectivity index (χ4n) is 1.67. The van der Waals surface area contributed by atoms with Crippen LogP contribution >= 0.6 is 0 Å². The number of aliphatic hydroxyl groups is 1. The molecule has 0 aliphatic rings. The predicted molar refractivity (Wildman–Crippen MR) is 71.0 cm³/mol. The van der Waals surface area contributed by atoms with Crippen LogP contribution in [0.1, 0.15) is 5.76 Å². The highest BCUT2D eigenvalue weighted by atomic mass is 19.1. The van der Waals surface area contributed by atoms with Crippen LogP contribution in [-0.4, -0.2) is 23.7 Å². The fourth-order valence-corrected chi connectivity index (χ4v) is 1.67. The molecule has 0 radical (unpaired) electrons. The van der Waals surface area contributed by atoms with Gasteiger partial charge in [-0.25, -0.2) is 4.39 Å². The Hall–Kier alpha value is -2.18. The maximum absolute atomic E-state index is 12.8. The van der Waals surface area contributed by atoms with Crippen LogP contribution in [0, 0.1) is 5.82 Å². The highest BCUT2D eigenvalue weighted by molar-refractivity contribution is 5.78. The monoisotopic (exact) mass is 278 g/mol. The molecule has 4 N–H and O–H groups in total. The van der Waals surface area contributed by atoms with E-state index in [1.54, 1.807) is 24.3 Å². The minimum Gasteiger partial charge on any atom is -0.460 e. The summed E-state index contributed by atoms with van der Waals surface area (Å²) in [7, 11) is 0. The molecule has 6 heteroatoms. The average molecular weight is 278 g/mol. The van der Waals surface area contributed by atoms with Gasteiger partial charge in [-0.1, -0.05) is 0 Å². The molecule has 0 aliphatic heterocycles. The number of amides is 1. The quantitative estimate of drug-likeness (QED) is 0.736. The first-order valence-electron chi connectivity index (χ1n) is 6.09. The highest BCUT2D eigenvalue weighted by Crippen LogP contribution is 2.22. The van der Waals surface area contributed by atoms with Crippen molar-refractivity contribution in [3.05, 3.63) is 48.0 Å². The van der Waals surface area contributed by atoms with Crippen LogP contribution in [0.2, 0.25) is 0 Å². The van der Waals surface area contributed by atoms with E-state index in [0.29, 0.717) is 18.1 Å². The summed E-state index contributed by atoms with van der Waals surface area (Å²) in [4.78, 5) is 10.6.